The van der Waals surface area contributed by atoms with Crippen molar-refractivity contribution in [1.82, 2.24) is 9.97 Å². The molecule has 0 N–H and O–H groups in total. The van der Waals surface area contributed by atoms with Crippen molar-refractivity contribution in [3.05, 3.63) is 35.7 Å². The SMILES string of the molecule is C[C@]12CC[C@@H](c3nc4ccccc4nc31)[C@@]2(C)CBr. The molecule has 98 valence electrons. The Hall–Kier alpha value is -0.960. The second-order valence-corrected chi connectivity index (χ2v) is 6.98. The molecule has 0 aliphatic heterocycles. The normalized spacial score (nSPS) is 35.8. The summed E-state index contributed by atoms with van der Waals surface area (Å²) in [5.74, 6) is 0.559. The molecule has 1 fully saturated rings. The van der Waals surface area contributed by atoms with E-state index in [1.165, 1.54) is 24.2 Å². The number of hydrogen-bond donors (Lipinski definition) is 0. The number of aromatic nitrogens is 2. The zero-order valence-electron chi connectivity index (χ0n) is 11.3. The fourth-order valence-electron chi connectivity index (χ4n) is 4.15. The van der Waals surface area contributed by atoms with Gasteiger partial charge in [0.1, 0.15) is 0 Å². The molecule has 2 nitrogen and oxygen atoms in total. The van der Waals surface area contributed by atoms with Gasteiger partial charge in [0.15, 0.2) is 0 Å². The minimum atomic E-state index is 0.174. The first-order chi connectivity index (χ1) is 9.10. The highest BCUT2D eigenvalue weighted by molar-refractivity contribution is 9.09. The minimum Gasteiger partial charge on any atom is -0.249 e. The van der Waals surface area contributed by atoms with Gasteiger partial charge in [-0.25, -0.2) is 9.97 Å². The van der Waals surface area contributed by atoms with Gasteiger partial charge in [-0.15, -0.1) is 0 Å². The van der Waals surface area contributed by atoms with Gasteiger partial charge < -0.3 is 0 Å². The van der Waals surface area contributed by atoms with E-state index in [9.17, 15) is 0 Å². The lowest BCUT2D eigenvalue weighted by atomic mass is 9.70. The van der Waals surface area contributed by atoms with E-state index >= 15 is 0 Å². The minimum absolute atomic E-state index is 0.174. The van der Waals surface area contributed by atoms with Gasteiger partial charge in [0.2, 0.25) is 0 Å². The molecule has 19 heavy (non-hydrogen) atoms. The molecule has 3 atom stereocenters. The van der Waals surface area contributed by atoms with E-state index in [4.69, 9.17) is 9.97 Å². The van der Waals surface area contributed by atoms with Crippen molar-refractivity contribution in [2.45, 2.75) is 38.0 Å². The number of alkyl halides is 1. The van der Waals surface area contributed by atoms with Crippen molar-refractivity contribution in [3.63, 3.8) is 0 Å². The Morgan fingerprint density at radius 3 is 2.58 bits per heavy atom. The first-order valence-electron chi connectivity index (χ1n) is 6.93. The van der Waals surface area contributed by atoms with Gasteiger partial charge in [-0.05, 0) is 30.4 Å². The van der Waals surface area contributed by atoms with Crippen LogP contribution < -0.4 is 0 Å². The van der Waals surface area contributed by atoms with E-state index in [0.29, 0.717) is 5.92 Å². The smallest absolute Gasteiger partial charge is 0.0890 e. The summed E-state index contributed by atoms with van der Waals surface area (Å²) in [6.45, 7) is 4.77. The predicted octanol–water partition coefficient (Wildman–Crippen LogP) is 4.18. The molecule has 3 heteroatoms. The third kappa shape index (κ3) is 1.23. The second-order valence-electron chi connectivity index (χ2n) is 6.42. The van der Waals surface area contributed by atoms with Gasteiger partial charge in [0, 0.05) is 16.7 Å². The third-order valence-corrected chi connectivity index (χ3v) is 6.86. The summed E-state index contributed by atoms with van der Waals surface area (Å²) in [7, 11) is 0. The molecule has 1 aromatic carbocycles. The largest absolute Gasteiger partial charge is 0.249 e. The quantitative estimate of drug-likeness (QED) is 0.738. The maximum Gasteiger partial charge on any atom is 0.0890 e. The summed E-state index contributed by atoms with van der Waals surface area (Å²) in [5, 5.41) is 1.02. The van der Waals surface area contributed by atoms with Crippen LogP contribution in [-0.4, -0.2) is 15.3 Å². The molecule has 0 spiro atoms. The third-order valence-electron chi connectivity index (χ3n) is 5.69. The number of nitrogens with zero attached hydrogens (tertiary/aromatic N) is 2. The molecule has 4 rings (SSSR count). The van der Waals surface area contributed by atoms with Crippen molar-refractivity contribution >= 4 is 27.0 Å². The van der Waals surface area contributed by atoms with Crippen LogP contribution in [0.25, 0.3) is 11.0 Å². The maximum absolute atomic E-state index is 4.97. The number of para-hydroxylation sites is 2. The van der Waals surface area contributed by atoms with Gasteiger partial charge in [-0.2, -0.15) is 0 Å². The van der Waals surface area contributed by atoms with Crippen LogP contribution in [0.5, 0.6) is 0 Å². The molecule has 0 amide bonds. The molecule has 0 radical (unpaired) electrons. The Labute approximate surface area is 121 Å². The van der Waals surface area contributed by atoms with Crippen LogP contribution in [0.2, 0.25) is 0 Å². The van der Waals surface area contributed by atoms with Crippen molar-refractivity contribution in [3.8, 4) is 0 Å². The van der Waals surface area contributed by atoms with Crippen LogP contribution in [0.15, 0.2) is 24.3 Å². The van der Waals surface area contributed by atoms with Crippen molar-refractivity contribution < 1.29 is 0 Å². The number of benzene rings is 1. The zero-order valence-corrected chi connectivity index (χ0v) is 12.9. The molecule has 2 bridgehead atoms. The van der Waals surface area contributed by atoms with E-state index < -0.39 is 0 Å². The van der Waals surface area contributed by atoms with Crippen molar-refractivity contribution in [1.29, 1.82) is 0 Å². The summed E-state index contributed by atoms with van der Waals surface area (Å²) in [6.07, 6.45) is 2.48. The lowest BCUT2D eigenvalue weighted by molar-refractivity contribution is 0.236. The molecule has 1 saturated carbocycles. The summed E-state index contributed by atoms with van der Waals surface area (Å²) in [6, 6.07) is 8.23. The summed E-state index contributed by atoms with van der Waals surface area (Å²) in [5.41, 5.74) is 5.01. The monoisotopic (exact) mass is 316 g/mol. The average Bonchev–Trinajstić information content (AvgIpc) is 2.80. The molecular weight excluding hydrogens is 300 g/mol. The molecule has 2 aromatic rings. The van der Waals surface area contributed by atoms with E-state index in [0.717, 1.165) is 16.4 Å². The number of fused-ring (bicyclic) bond motifs is 6. The van der Waals surface area contributed by atoms with E-state index in [1.807, 2.05) is 12.1 Å². The standard InChI is InChI=1S/C16H17BrN2/c1-15-8-7-10(16(15,2)9-17)13-14(15)19-12-6-4-3-5-11(12)18-13/h3-6,10H,7-9H2,1-2H3/t10-,15-,16+/m0/s1. The highest BCUT2D eigenvalue weighted by atomic mass is 79.9. The Morgan fingerprint density at radius 1 is 1.21 bits per heavy atom. The molecule has 0 unspecified atom stereocenters. The lowest BCUT2D eigenvalue weighted by Crippen LogP contribution is -2.36. The lowest BCUT2D eigenvalue weighted by Gasteiger charge is -2.36. The topological polar surface area (TPSA) is 25.8 Å². The second kappa shape index (κ2) is 3.57. The Bertz CT molecular complexity index is 684. The molecule has 0 saturated heterocycles. The summed E-state index contributed by atoms with van der Waals surface area (Å²) >= 11 is 3.75. The molecule has 2 aliphatic rings. The van der Waals surface area contributed by atoms with Crippen LogP contribution in [-0.2, 0) is 5.41 Å². The summed E-state index contributed by atoms with van der Waals surface area (Å²) in [4.78, 5) is 9.91. The van der Waals surface area contributed by atoms with Gasteiger partial charge in [0.25, 0.3) is 0 Å². The fourth-order valence-corrected chi connectivity index (χ4v) is 5.16. The van der Waals surface area contributed by atoms with Crippen molar-refractivity contribution in [2.75, 3.05) is 5.33 Å². The molecule has 1 heterocycles. The Balaban J connectivity index is 2.05. The van der Waals surface area contributed by atoms with Crippen LogP contribution in [0.4, 0.5) is 0 Å². The number of halogens is 1. The average molecular weight is 317 g/mol. The first kappa shape index (κ1) is 11.8. The maximum atomic E-state index is 4.97. The van der Waals surface area contributed by atoms with Gasteiger partial charge in [0.05, 0.1) is 22.4 Å². The van der Waals surface area contributed by atoms with Crippen LogP contribution in [0.3, 0.4) is 0 Å². The number of rotatable bonds is 1. The van der Waals surface area contributed by atoms with Crippen LogP contribution in [0, 0.1) is 5.41 Å². The highest BCUT2D eigenvalue weighted by Gasteiger charge is 2.63. The van der Waals surface area contributed by atoms with E-state index in [-0.39, 0.29) is 10.8 Å². The highest BCUT2D eigenvalue weighted by Crippen LogP contribution is 2.67. The molecule has 1 aromatic heterocycles. The van der Waals surface area contributed by atoms with Gasteiger partial charge in [-0.1, -0.05) is 41.9 Å². The Kier molecular flexibility index (Phi) is 2.22. The van der Waals surface area contributed by atoms with Crippen molar-refractivity contribution in [2.24, 2.45) is 5.41 Å². The van der Waals surface area contributed by atoms with Gasteiger partial charge in [-0.3, -0.25) is 0 Å². The zero-order chi connectivity index (χ0) is 13.3. The number of hydrogen-bond acceptors (Lipinski definition) is 2. The van der Waals surface area contributed by atoms with E-state index in [1.54, 1.807) is 0 Å². The fraction of sp³-hybridized carbons (Fsp3) is 0.500. The predicted molar refractivity (Wildman–Crippen MR) is 80.8 cm³/mol. The van der Waals surface area contributed by atoms with Crippen LogP contribution >= 0.6 is 15.9 Å². The molecule has 2 aliphatic carbocycles. The first-order valence-corrected chi connectivity index (χ1v) is 8.05. The summed E-state index contributed by atoms with van der Waals surface area (Å²) < 4.78 is 0. The Morgan fingerprint density at radius 2 is 1.89 bits per heavy atom. The van der Waals surface area contributed by atoms with Crippen LogP contribution in [0.1, 0.15) is 44.0 Å². The molecular formula is C16H17BrN2. The van der Waals surface area contributed by atoms with E-state index in [2.05, 4.69) is 41.9 Å². The van der Waals surface area contributed by atoms with Gasteiger partial charge >= 0.3 is 0 Å².